The van der Waals surface area contributed by atoms with E-state index in [1.807, 2.05) is 24.3 Å². The summed E-state index contributed by atoms with van der Waals surface area (Å²) in [4.78, 5) is 12.4. The molecule has 0 N–H and O–H groups in total. The number of hydrogen-bond donors (Lipinski definition) is 0. The molecule has 0 bridgehead atoms. The average Bonchev–Trinajstić information content (AvgIpc) is 2.49. The lowest BCUT2D eigenvalue weighted by atomic mass is 9.99. The molecule has 0 unspecified atom stereocenters. The van der Waals surface area contributed by atoms with Crippen LogP contribution in [0.1, 0.15) is 53.7 Å². The fourth-order valence-electron chi connectivity index (χ4n) is 2.39. The van der Waals surface area contributed by atoms with Crippen LogP contribution in [0.5, 0.6) is 0 Å². The van der Waals surface area contributed by atoms with Crippen LogP contribution in [-0.4, -0.2) is 5.78 Å². The minimum atomic E-state index is 0.107. The lowest BCUT2D eigenvalue weighted by molar-refractivity contribution is 0.103. The summed E-state index contributed by atoms with van der Waals surface area (Å²) >= 11 is 0. The fourth-order valence-corrected chi connectivity index (χ4v) is 2.39. The Bertz CT molecular complexity index is 498. The van der Waals surface area contributed by atoms with Crippen molar-refractivity contribution < 1.29 is 4.79 Å². The summed E-state index contributed by atoms with van der Waals surface area (Å²) in [6.07, 6.45) is 4.40. The molecule has 1 nitrogen and oxygen atoms in total. The molecular weight excluding hydrogens is 244 g/mol. The lowest BCUT2D eigenvalue weighted by Gasteiger charge is -2.04. The highest BCUT2D eigenvalue weighted by Gasteiger charge is 2.08. The highest BCUT2D eigenvalue weighted by molar-refractivity contribution is 6.08. The van der Waals surface area contributed by atoms with E-state index in [1.165, 1.54) is 11.1 Å². The van der Waals surface area contributed by atoms with Gasteiger partial charge in [-0.25, -0.2) is 0 Å². The quantitative estimate of drug-likeness (QED) is 0.685. The molecule has 0 radical (unpaired) electrons. The summed E-state index contributed by atoms with van der Waals surface area (Å²) in [6, 6.07) is 16.0. The molecule has 0 atom stereocenters. The van der Waals surface area contributed by atoms with Gasteiger partial charge in [-0.2, -0.15) is 0 Å². The van der Waals surface area contributed by atoms with E-state index in [2.05, 4.69) is 38.1 Å². The zero-order valence-electron chi connectivity index (χ0n) is 12.4. The summed E-state index contributed by atoms with van der Waals surface area (Å²) < 4.78 is 0. The van der Waals surface area contributed by atoms with Crippen LogP contribution in [-0.2, 0) is 12.8 Å². The Labute approximate surface area is 121 Å². The Kier molecular flexibility index (Phi) is 5.11. The van der Waals surface area contributed by atoms with Crippen LogP contribution in [0.2, 0.25) is 0 Å². The van der Waals surface area contributed by atoms with Crippen molar-refractivity contribution in [2.24, 2.45) is 0 Å². The largest absolute Gasteiger partial charge is 0.289 e. The second kappa shape index (κ2) is 7.04. The third-order valence-electron chi connectivity index (χ3n) is 3.51. The highest BCUT2D eigenvalue weighted by atomic mass is 16.1. The molecule has 2 rings (SSSR count). The molecule has 0 spiro atoms. The molecule has 1 heteroatoms. The van der Waals surface area contributed by atoms with E-state index in [4.69, 9.17) is 0 Å². The maximum atomic E-state index is 12.4. The lowest BCUT2D eigenvalue weighted by Crippen LogP contribution is -2.01. The standard InChI is InChI=1S/C19H22O/c1-3-5-15-7-11-17(12-8-15)19(20)18-13-9-16(6-4-2)10-14-18/h7-14H,3-6H2,1-2H3. The first-order valence-electron chi connectivity index (χ1n) is 7.47. The second-order valence-electron chi connectivity index (χ2n) is 5.22. The van der Waals surface area contributed by atoms with Gasteiger partial charge in [-0.3, -0.25) is 4.79 Å². The Morgan fingerprint density at radius 3 is 1.35 bits per heavy atom. The number of carbonyl (C=O) groups is 1. The van der Waals surface area contributed by atoms with Gasteiger partial charge in [0.1, 0.15) is 0 Å². The molecule has 0 aliphatic rings. The van der Waals surface area contributed by atoms with Crippen LogP contribution in [0.3, 0.4) is 0 Å². The highest BCUT2D eigenvalue weighted by Crippen LogP contribution is 2.14. The number of hydrogen-bond acceptors (Lipinski definition) is 1. The molecule has 0 amide bonds. The topological polar surface area (TPSA) is 17.1 Å². The minimum Gasteiger partial charge on any atom is -0.289 e. The van der Waals surface area contributed by atoms with Gasteiger partial charge >= 0.3 is 0 Å². The Balaban J connectivity index is 2.13. The fraction of sp³-hybridized carbons (Fsp3) is 0.316. The molecule has 0 fully saturated rings. The van der Waals surface area contributed by atoms with Crippen LogP contribution in [0.15, 0.2) is 48.5 Å². The van der Waals surface area contributed by atoms with Crippen molar-refractivity contribution in [3.8, 4) is 0 Å². The monoisotopic (exact) mass is 266 g/mol. The van der Waals surface area contributed by atoms with E-state index in [0.717, 1.165) is 36.8 Å². The van der Waals surface area contributed by atoms with E-state index in [0.29, 0.717) is 0 Å². The smallest absolute Gasteiger partial charge is 0.193 e. The molecule has 104 valence electrons. The molecular formula is C19H22O. The Hall–Kier alpha value is -1.89. The molecule has 0 aromatic heterocycles. The number of benzene rings is 2. The molecule has 0 aliphatic carbocycles. The summed E-state index contributed by atoms with van der Waals surface area (Å²) in [7, 11) is 0. The summed E-state index contributed by atoms with van der Waals surface area (Å²) in [6.45, 7) is 4.33. The van der Waals surface area contributed by atoms with Gasteiger partial charge < -0.3 is 0 Å². The summed E-state index contributed by atoms with van der Waals surface area (Å²) in [5, 5.41) is 0. The number of ketones is 1. The Morgan fingerprint density at radius 1 is 0.700 bits per heavy atom. The maximum absolute atomic E-state index is 12.4. The van der Waals surface area contributed by atoms with E-state index in [9.17, 15) is 4.79 Å². The summed E-state index contributed by atoms with van der Waals surface area (Å²) in [5.41, 5.74) is 4.13. The first-order chi connectivity index (χ1) is 9.74. The average molecular weight is 266 g/mol. The van der Waals surface area contributed by atoms with Gasteiger partial charge in [0.05, 0.1) is 0 Å². The van der Waals surface area contributed by atoms with Gasteiger partial charge in [-0.15, -0.1) is 0 Å². The van der Waals surface area contributed by atoms with E-state index >= 15 is 0 Å². The van der Waals surface area contributed by atoms with E-state index < -0.39 is 0 Å². The van der Waals surface area contributed by atoms with Gasteiger partial charge in [0.25, 0.3) is 0 Å². The number of carbonyl (C=O) groups excluding carboxylic acids is 1. The molecule has 0 heterocycles. The molecule has 0 saturated carbocycles. The van der Waals surface area contributed by atoms with Crippen molar-refractivity contribution in [2.45, 2.75) is 39.5 Å². The first-order valence-corrected chi connectivity index (χ1v) is 7.47. The molecule has 2 aromatic carbocycles. The van der Waals surface area contributed by atoms with Crippen LogP contribution in [0, 0.1) is 0 Å². The van der Waals surface area contributed by atoms with Gasteiger partial charge in [-0.1, -0.05) is 75.2 Å². The molecule has 0 saturated heterocycles. The number of rotatable bonds is 6. The predicted octanol–water partition coefficient (Wildman–Crippen LogP) is 4.82. The van der Waals surface area contributed by atoms with Gasteiger partial charge in [0.2, 0.25) is 0 Å². The van der Waals surface area contributed by atoms with Crippen LogP contribution in [0.25, 0.3) is 0 Å². The zero-order valence-corrected chi connectivity index (χ0v) is 12.4. The van der Waals surface area contributed by atoms with Crippen molar-refractivity contribution in [3.05, 3.63) is 70.8 Å². The third kappa shape index (κ3) is 3.57. The van der Waals surface area contributed by atoms with Gasteiger partial charge in [0, 0.05) is 11.1 Å². The maximum Gasteiger partial charge on any atom is 0.193 e. The summed E-state index contributed by atoms with van der Waals surface area (Å²) in [5.74, 6) is 0.107. The van der Waals surface area contributed by atoms with Crippen LogP contribution >= 0.6 is 0 Å². The van der Waals surface area contributed by atoms with Crippen molar-refractivity contribution >= 4 is 5.78 Å². The second-order valence-corrected chi connectivity index (χ2v) is 5.22. The molecule has 2 aromatic rings. The van der Waals surface area contributed by atoms with E-state index in [1.54, 1.807) is 0 Å². The van der Waals surface area contributed by atoms with E-state index in [-0.39, 0.29) is 5.78 Å². The zero-order chi connectivity index (χ0) is 14.4. The van der Waals surface area contributed by atoms with Crippen molar-refractivity contribution in [3.63, 3.8) is 0 Å². The normalized spacial score (nSPS) is 10.5. The van der Waals surface area contributed by atoms with Crippen molar-refractivity contribution in [1.82, 2.24) is 0 Å². The molecule has 20 heavy (non-hydrogen) atoms. The first kappa shape index (κ1) is 14.5. The van der Waals surface area contributed by atoms with Gasteiger partial charge in [-0.05, 0) is 24.0 Å². The minimum absolute atomic E-state index is 0.107. The SMILES string of the molecule is CCCc1ccc(C(=O)c2ccc(CCC)cc2)cc1. The van der Waals surface area contributed by atoms with Gasteiger partial charge in [0.15, 0.2) is 5.78 Å². The number of aryl methyl sites for hydroxylation is 2. The van der Waals surface area contributed by atoms with Crippen molar-refractivity contribution in [1.29, 1.82) is 0 Å². The Morgan fingerprint density at radius 2 is 1.05 bits per heavy atom. The molecule has 0 aliphatic heterocycles. The van der Waals surface area contributed by atoms with Crippen molar-refractivity contribution in [2.75, 3.05) is 0 Å². The van der Waals surface area contributed by atoms with Crippen LogP contribution in [0.4, 0.5) is 0 Å². The predicted molar refractivity (Wildman–Crippen MR) is 84.3 cm³/mol. The third-order valence-corrected chi connectivity index (χ3v) is 3.51. The van der Waals surface area contributed by atoms with Crippen LogP contribution < -0.4 is 0 Å².